The predicted octanol–water partition coefficient (Wildman–Crippen LogP) is 3.18. The van der Waals surface area contributed by atoms with Crippen LogP contribution in [0.4, 0.5) is 0 Å². The number of halogens is 1. The largest absolute Gasteiger partial charge is 0.376 e. The van der Waals surface area contributed by atoms with E-state index in [9.17, 15) is 0 Å². The fourth-order valence-electron chi connectivity index (χ4n) is 2.55. The first-order chi connectivity index (χ1) is 8.29. The van der Waals surface area contributed by atoms with Crippen LogP contribution in [0.15, 0.2) is 24.3 Å². The van der Waals surface area contributed by atoms with Crippen molar-refractivity contribution >= 4 is 22.6 Å². The summed E-state index contributed by atoms with van der Waals surface area (Å²) in [6.45, 7) is 2.41. The van der Waals surface area contributed by atoms with Gasteiger partial charge in [-0.2, -0.15) is 0 Å². The molecule has 2 unspecified atom stereocenters. The summed E-state index contributed by atoms with van der Waals surface area (Å²) < 4.78 is 7.09. The van der Waals surface area contributed by atoms with Crippen molar-refractivity contribution in [2.24, 2.45) is 17.6 Å². The van der Waals surface area contributed by atoms with E-state index in [1.54, 1.807) is 0 Å². The molecule has 1 aromatic carbocycles. The third-order valence-corrected chi connectivity index (χ3v) is 4.35. The van der Waals surface area contributed by atoms with E-state index in [-0.39, 0.29) is 0 Å². The zero-order valence-electron chi connectivity index (χ0n) is 10.1. The molecule has 1 aliphatic carbocycles. The second kappa shape index (κ2) is 6.71. The molecule has 0 heterocycles. The van der Waals surface area contributed by atoms with E-state index in [2.05, 4.69) is 46.9 Å². The number of hydrogen-bond acceptors (Lipinski definition) is 2. The molecule has 1 saturated carbocycles. The lowest BCUT2D eigenvalue weighted by Crippen LogP contribution is -2.22. The first-order valence-electron chi connectivity index (χ1n) is 6.32. The molecule has 1 aromatic rings. The van der Waals surface area contributed by atoms with Crippen LogP contribution in [0.3, 0.4) is 0 Å². The highest BCUT2D eigenvalue weighted by molar-refractivity contribution is 14.1. The molecule has 0 radical (unpaired) electrons. The van der Waals surface area contributed by atoms with E-state index in [4.69, 9.17) is 10.5 Å². The van der Waals surface area contributed by atoms with Gasteiger partial charge in [0.05, 0.1) is 13.2 Å². The van der Waals surface area contributed by atoms with E-state index < -0.39 is 0 Å². The molecule has 2 atom stereocenters. The highest BCUT2D eigenvalue weighted by atomic mass is 127. The Morgan fingerprint density at radius 1 is 1.18 bits per heavy atom. The molecule has 17 heavy (non-hydrogen) atoms. The Labute approximate surface area is 117 Å². The van der Waals surface area contributed by atoms with Crippen molar-refractivity contribution in [3.8, 4) is 0 Å². The zero-order valence-corrected chi connectivity index (χ0v) is 12.2. The van der Waals surface area contributed by atoms with Crippen LogP contribution in [0.1, 0.15) is 24.8 Å². The average molecular weight is 345 g/mol. The fraction of sp³-hybridized carbons (Fsp3) is 0.571. The molecule has 1 fully saturated rings. The minimum Gasteiger partial charge on any atom is -0.376 e. The van der Waals surface area contributed by atoms with Gasteiger partial charge in [0.15, 0.2) is 0 Å². The van der Waals surface area contributed by atoms with Crippen molar-refractivity contribution < 1.29 is 4.74 Å². The second-order valence-electron chi connectivity index (χ2n) is 4.83. The molecule has 0 aromatic heterocycles. The Balaban J connectivity index is 1.74. The lowest BCUT2D eigenvalue weighted by molar-refractivity contribution is 0.0753. The van der Waals surface area contributed by atoms with Gasteiger partial charge in [-0.15, -0.1) is 0 Å². The SMILES string of the molecule is NCC1CCCC1COCc1ccc(I)cc1. The number of rotatable bonds is 5. The maximum Gasteiger partial charge on any atom is 0.0717 e. The third kappa shape index (κ3) is 3.93. The molecular formula is C14H20INO. The summed E-state index contributed by atoms with van der Waals surface area (Å²) in [6, 6.07) is 8.52. The second-order valence-corrected chi connectivity index (χ2v) is 6.07. The minimum atomic E-state index is 0.684. The topological polar surface area (TPSA) is 35.2 Å². The lowest BCUT2D eigenvalue weighted by atomic mass is 9.97. The smallest absolute Gasteiger partial charge is 0.0717 e. The number of benzene rings is 1. The van der Waals surface area contributed by atoms with Crippen molar-refractivity contribution in [2.45, 2.75) is 25.9 Å². The summed E-state index contributed by atoms with van der Waals surface area (Å²) >= 11 is 2.32. The van der Waals surface area contributed by atoms with Gasteiger partial charge in [-0.3, -0.25) is 0 Å². The van der Waals surface area contributed by atoms with Gasteiger partial charge >= 0.3 is 0 Å². The number of nitrogens with two attached hydrogens (primary N) is 1. The van der Waals surface area contributed by atoms with Crippen LogP contribution in [0.5, 0.6) is 0 Å². The van der Waals surface area contributed by atoms with Crippen LogP contribution in [-0.4, -0.2) is 13.2 Å². The van der Waals surface area contributed by atoms with Gasteiger partial charge < -0.3 is 10.5 Å². The van der Waals surface area contributed by atoms with E-state index in [1.807, 2.05) is 0 Å². The number of hydrogen-bond donors (Lipinski definition) is 1. The predicted molar refractivity (Wildman–Crippen MR) is 78.7 cm³/mol. The van der Waals surface area contributed by atoms with Crippen molar-refractivity contribution in [1.82, 2.24) is 0 Å². The normalized spacial score (nSPS) is 24.1. The van der Waals surface area contributed by atoms with Gasteiger partial charge in [0.1, 0.15) is 0 Å². The molecule has 2 N–H and O–H groups in total. The van der Waals surface area contributed by atoms with E-state index >= 15 is 0 Å². The molecule has 2 nitrogen and oxygen atoms in total. The van der Waals surface area contributed by atoms with E-state index in [1.165, 1.54) is 28.4 Å². The van der Waals surface area contributed by atoms with Crippen molar-refractivity contribution in [3.05, 3.63) is 33.4 Å². The van der Waals surface area contributed by atoms with Gasteiger partial charge in [-0.05, 0) is 71.5 Å². The van der Waals surface area contributed by atoms with E-state index in [0.717, 1.165) is 19.8 Å². The standard InChI is InChI=1S/C14H20INO/c15-14-6-4-11(5-7-14)9-17-10-13-3-1-2-12(13)8-16/h4-7,12-13H,1-3,8-10,16H2. The summed E-state index contributed by atoms with van der Waals surface area (Å²) in [7, 11) is 0. The Morgan fingerprint density at radius 2 is 1.88 bits per heavy atom. The van der Waals surface area contributed by atoms with Crippen LogP contribution in [0.25, 0.3) is 0 Å². The summed E-state index contributed by atoms with van der Waals surface area (Å²) in [5.41, 5.74) is 7.02. The van der Waals surface area contributed by atoms with Gasteiger partial charge in [0, 0.05) is 3.57 Å². The molecule has 94 valence electrons. The zero-order chi connectivity index (χ0) is 12.1. The quantitative estimate of drug-likeness (QED) is 0.832. The highest BCUT2D eigenvalue weighted by Gasteiger charge is 2.25. The molecule has 0 amide bonds. The van der Waals surface area contributed by atoms with Gasteiger partial charge in [-0.1, -0.05) is 18.6 Å². The Kier molecular flexibility index (Phi) is 5.25. The van der Waals surface area contributed by atoms with Crippen molar-refractivity contribution in [2.75, 3.05) is 13.2 Å². The fourth-order valence-corrected chi connectivity index (χ4v) is 2.91. The van der Waals surface area contributed by atoms with Crippen molar-refractivity contribution in [1.29, 1.82) is 0 Å². The molecular weight excluding hydrogens is 325 g/mol. The van der Waals surface area contributed by atoms with Crippen LogP contribution >= 0.6 is 22.6 Å². The van der Waals surface area contributed by atoms with Crippen LogP contribution in [0, 0.1) is 15.4 Å². The third-order valence-electron chi connectivity index (χ3n) is 3.63. The van der Waals surface area contributed by atoms with E-state index in [0.29, 0.717) is 11.8 Å². The molecule has 3 heteroatoms. The summed E-state index contributed by atoms with van der Waals surface area (Å²) in [4.78, 5) is 0. The maximum absolute atomic E-state index is 5.82. The average Bonchev–Trinajstić information content (AvgIpc) is 2.79. The minimum absolute atomic E-state index is 0.684. The van der Waals surface area contributed by atoms with Crippen LogP contribution in [-0.2, 0) is 11.3 Å². The van der Waals surface area contributed by atoms with Crippen LogP contribution < -0.4 is 5.73 Å². The van der Waals surface area contributed by atoms with Crippen molar-refractivity contribution in [3.63, 3.8) is 0 Å². The molecule has 0 bridgehead atoms. The molecule has 0 aliphatic heterocycles. The molecule has 0 spiro atoms. The lowest BCUT2D eigenvalue weighted by Gasteiger charge is -2.17. The first kappa shape index (κ1) is 13.3. The Hall–Kier alpha value is -0.130. The van der Waals surface area contributed by atoms with Crippen LogP contribution in [0.2, 0.25) is 0 Å². The molecule has 1 aliphatic rings. The maximum atomic E-state index is 5.82. The summed E-state index contributed by atoms with van der Waals surface area (Å²) in [6.07, 6.45) is 3.89. The summed E-state index contributed by atoms with van der Waals surface area (Å²) in [5, 5.41) is 0. The highest BCUT2D eigenvalue weighted by Crippen LogP contribution is 2.31. The number of ether oxygens (including phenoxy) is 1. The monoisotopic (exact) mass is 345 g/mol. The first-order valence-corrected chi connectivity index (χ1v) is 7.39. The Morgan fingerprint density at radius 3 is 2.59 bits per heavy atom. The van der Waals surface area contributed by atoms with Gasteiger partial charge in [0.25, 0.3) is 0 Å². The Bertz CT molecular complexity index is 339. The van der Waals surface area contributed by atoms with Gasteiger partial charge in [0.2, 0.25) is 0 Å². The summed E-state index contributed by atoms with van der Waals surface area (Å²) in [5.74, 6) is 1.37. The van der Waals surface area contributed by atoms with Gasteiger partial charge in [-0.25, -0.2) is 0 Å². The molecule has 2 rings (SSSR count). The molecule has 0 saturated heterocycles.